The number of nitrogens with zero attached hydrogens (tertiary/aromatic N) is 2. The molecule has 0 radical (unpaired) electrons. The van der Waals surface area contributed by atoms with E-state index in [9.17, 15) is 0 Å². The maximum atomic E-state index is 6.10. The molecule has 5 nitrogen and oxygen atoms in total. The van der Waals surface area contributed by atoms with Crippen LogP contribution >= 0.6 is 0 Å². The van der Waals surface area contributed by atoms with Crippen molar-refractivity contribution in [3.63, 3.8) is 0 Å². The minimum absolute atomic E-state index is 0.282. The Morgan fingerprint density at radius 1 is 1.29 bits per heavy atom. The second kappa shape index (κ2) is 6.52. The number of methoxy groups -OCH3 is 1. The number of aryl methyl sites for hydroxylation is 1. The highest BCUT2D eigenvalue weighted by molar-refractivity contribution is 5.64. The molecule has 0 amide bonds. The van der Waals surface area contributed by atoms with E-state index in [2.05, 4.69) is 36.4 Å². The predicted molar refractivity (Wildman–Crippen MR) is 86.9 cm³/mol. The Bertz CT molecular complexity index is 587. The molecule has 0 spiro atoms. The molecule has 2 aromatic rings. The molecule has 3 N–H and O–H groups in total. The summed E-state index contributed by atoms with van der Waals surface area (Å²) in [7, 11) is 1.68. The van der Waals surface area contributed by atoms with Crippen LogP contribution in [0, 0.1) is 6.92 Å². The summed E-state index contributed by atoms with van der Waals surface area (Å²) < 4.78 is 7.10. The van der Waals surface area contributed by atoms with Gasteiger partial charge in [-0.1, -0.05) is 12.1 Å². The maximum absolute atomic E-state index is 6.10. The summed E-state index contributed by atoms with van der Waals surface area (Å²) >= 11 is 0. The molecule has 0 aliphatic rings. The highest BCUT2D eigenvalue weighted by Crippen LogP contribution is 2.25. The Balaban J connectivity index is 1.99. The van der Waals surface area contributed by atoms with E-state index in [0.717, 1.165) is 35.9 Å². The van der Waals surface area contributed by atoms with Crippen molar-refractivity contribution >= 4 is 11.5 Å². The van der Waals surface area contributed by atoms with Crippen molar-refractivity contribution in [2.45, 2.75) is 33.2 Å². The smallest absolute Gasteiger partial charge is 0.148 e. The molecule has 2 rings (SSSR count). The summed E-state index contributed by atoms with van der Waals surface area (Å²) in [6.07, 6.45) is 0.922. The molecule has 1 heterocycles. The molecule has 0 saturated heterocycles. The fourth-order valence-corrected chi connectivity index (χ4v) is 2.23. The van der Waals surface area contributed by atoms with E-state index in [1.807, 2.05) is 23.7 Å². The van der Waals surface area contributed by atoms with Crippen molar-refractivity contribution in [1.82, 2.24) is 9.78 Å². The topological polar surface area (TPSA) is 65.1 Å². The van der Waals surface area contributed by atoms with Gasteiger partial charge >= 0.3 is 0 Å². The fraction of sp³-hybridized carbons (Fsp3) is 0.438. The number of hydrogen-bond acceptors (Lipinski definition) is 4. The van der Waals surface area contributed by atoms with E-state index in [0.29, 0.717) is 0 Å². The Morgan fingerprint density at radius 2 is 1.95 bits per heavy atom. The summed E-state index contributed by atoms with van der Waals surface area (Å²) in [5, 5.41) is 7.88. The molecule has 0 fully saturated rings. The third kappa shape index (κ3) is 3.48. The van der Waals surface area contributed by atoms with E-state index < -0.39 is 0 Å². The van der Waals surface area contributed by atoms with Gasteiger partial charge in [-0.05, 0) is 44.9 Å². The van der Waals surface area contributed by atoms with Crippen LogP contribution in [0.15, 0.2) is 24.3 Å². The quantitative estimate of drug-likeness (QED) is 0.857. The number of benzene rings is 1. The molecule has 5 heteroatoms. The van der Waals surface area contributed by atoms with Crippen LogP contribution in [0.2, 0.25) is 0 Å². The van der Waals surface area contributed by atoms with Gasteiger partial charge in [0.2, 0.25) is 0 Å². The number of nitrogens with two attached hydrogens (primary N) is 1. The van der Waals surface area contributed by atoms with Crippen LogP contribution < -0.4 is 15.8 Å². The van der Waals surface area contributed by atoms with Gasteiger partial charge in [-0.3, -0.25) is 0 Å². The van der Waals surface area contributed by atoms with Gasteiger partial charge in [0.15, 0.2) is 0 Å². The Labute approximate surface area is 126 Å². The van der Waals surface area contributed by atoms with Gasteiger partial charge in [0.1, 0.15) is 11.6 Å². The van der Waals surface area contributed by atoms with Gasteiger partial charge in [0, 0.05) is 12.6 Å². The second-order valence-corrected chi connectivity index (χ2v) is 5.41. The number of hydrogen-bond donors (Lipinski definition) is 2. The SMILES string of the molecule is COc1ccc(CCNc2c(N)c(C)nn2C(C)C)cc1. The largest absolute Gasteiger partial charge is 0.497 e. The molecule has 0 unspecified atom stereocenters. The molecule has 1 aromatic carbocycles. The number of nitrogens with one attached hydrogen (secondary N) is 1. The summed E-state index contributed by atoms with van der Waals surface area (Å²) in [5.74, 6) is 1.79. The Morgan fingerprint density at radius 3 is 2.52 bits per heavy atom. The molecule has 1 aromatic heterocycles. The van der Waals surface area contributed by atoms with Crippen molar-refractivity contribution in [2.24, 2.45) is 0 Å². The highest BCUT2D eigenvalue weighted by Gasteiger charge is 2.13. The zero-order valence-corrected chi connectivity index (χ0v) is 13.2. The second-order valence-electron chi connectivity index (χ2n) is 5.41. The number of anilines is 2. The normalized spacial score (nSPS) is 10.9. The lowest BCUT2D eigenvalue weighted by molar-refractivity contribution is 0.414. The fourth-order valence-electron chi connectivity index (χ4n) is 2.23. The van der Waals surface area contributed by atoms with Gasteiger partial charge in [-0.25, -0.2) is 4.68 Å². The van der Waals surface area contributed by atoms with Crippen molar-refractivity contribution in [2.75, 3.05) is 24.7 Å². The maximum Gasteiger partial charge on any atom is 0.148 e. The van der Waals surface area contributed by atoms with Crippen molar-refractivity contribution in [3.8, 4) is 5.75 Å². The zero-order chi connectivity index (χ0) is 15.4. The van der Waals surface area contributed by atoms with Crippen LogP contribution in [-0.2, 0) is 6.42 Å². The van der Waals surface area contributed by atoms with E-state index in [4.69, 9.17) is 10.5 Å². The summed E-state index contributed by atoms with van der Waals surface area (Å²) in [6, 6.07) is 8.40. The lowest BCUT2D eigenvalue weighted by atomic mass is 10.1. The number of aromatic nitrogens is 2. The molecule has 0 aliphatic heterocycles. The minimum atomic E-state index is 0.282. The Kier molecular flexibility index (Phi) is 4.73. The lowest BCUT2D eigenvalue weighted by Crippen LogP contribution is -2.13. The molecular formula is C16H24N4O. The standard InChI is InChI=1S/C16H24N4O/c1-11(2)20-16(15(17)12(3)19-20)18-10-9-13-5-7-14(21-4)8-6-13/h5-8,11,18H,9-10,17H2,1-4H3. The first-order valence-corrected chi connectivity index (χ1v) is 7.24. The minimum Gasteiger partial charge on any atom is -0.497 e. The van der Waals surface area contributed by atoms with Gasteiger partial charge in [-0.2, -0.15) is 5.10 Å². The first kappa shape index (κ1) is 15.2. The van der Waals surface area contributed by atoms with Crippen molar-refractivity contribution in [1.29, 1.82) is 0 Å². The summed E-state index contributed by atoms with van der Waals surface area (Å²) in [6.45, 7) is 6.94. The zero-order valence-electron chi connectivity index (χ0n) is 13.2. The summed E-state index contributed by atoms with van der Waals surface area (Å²) in [5.41, 5.74) is 8.96. The molecule has 0 atom stereocenters. The average Bonchev–Trinajstić information content (AvgIpc) is 2.76. The van der Waals surface area contributed by atoms with Crippen molar-refractivity contribution < 1.29 is 4.74 Å². The van der Waals surface area contributed by atoms with Crippen LogP contribution in [0.5, 0.6) is 5.75 Å². The van der Waals surface area contributed by atoms with Gasteiger partial charge in [0.25, 0.3) is 0 Å². The van der Waals surface area contributed by atoms with E-state index >= 15 is 0 Å². The van der Waals surface area contributed by atoms with Gasteiger partial charge < -0.3 is 15.8 Å². The van der Waals surface area contributed by atoms with Gasteiger partial charge in [0.05, 0.1) is 18.5 Å². The first-order valence-electron chi connectivity index (χ1n) is 7.24. The van der Waals surface area contributed by atoms with E-state index in [-0.39, 0.29) is 6.04 Å². The molecule has 0 saturated carbocycles. The molecule has 114 valence electrons. The molecule has 21 heavy (non-hydrogen) atoms. The third-order valence-corrected chi connectivity index (χ3v) is 3.49. The van der Waals surface area contributed by atoms with E-state index in [1.54, 1.807) is 7.11 Å². The Hall–Kier alpha value is -2.17. The number of rotatable bonds is 6. The van der Waals surface area contributed by atoms with Crippen molar-refractivity contribution in [3.05, 3.63) is 35.5 Å². The van der Waals surface area contributed by atoms with Crippen LogP contribution in [0.1, 0.15) is 31.1 Å². The number of nitrogen functional groups attached to an aromatic ring is 1. The summed E-state index contributed by atoms with van der Waals surface area (Å²) in [4.78, 5) is 0. The van der Waals surface area contributed by atoms with Crippen LogP contribution in [0.25, 0.3) is 0 Å². The predicted octanol–water partition coefficient (Wildman–Crippen LogP) is 3.02. The monoisotopic (exact) mass is 288 g/mol. The number of ether oxygens (including phenoxy) is 1. The van der Waals surface area contributed by atoms with Gasteiger partial charge in [-0.15, -0.1) is 0 Å². The lowest BCUT2D eigenvalue weighted by Gasteiger charge is -2.13. The molecular weight excluding hydrogens is 264 g/mol. The van der Waals surface area contributed by atoms with Crippen LogP contribution in [0.3, 0.4) is 0 Å². The first-order chi connectivity index (χ1) is 10.0. The average molecular weight is 288 g/mol. The van der Waals surface area contributed by atoms with Crippen LogP contribution in [0.4, 0.5) is 11.5 Å². The highest BCUT2D eigenvalue weighted by atomic mass is 16.5. The third-order valence-electron chi connectivity index (χ3n) is 3.49. The van der Waals surface area contributed by atoms with Crippen LogP contribution in [-0.4, -0.2) is 23.4 Å². The molecule has 0 bridgehead atoms. The molecule has 0 aliphatic carbocycles. The van der Waals surface area contributed by atoms with E-state index in [1.165, 1.54) is 5.56 Å².